The smallest absolute Gasteiger partial charge is 0.234 e. The Bertz CT molecular complexity index is 173. The minimum Gasteiger partial charge on any atom is -0.355 e. The zero-order chi connectivity index (χ0) is 10.2. The van der Waals surface area contributed by atoms with Crippen LogP contribution in [0.1, 0.15) is 25.7 Å². The van der Waals surface area contributed by atoms with E-state index >= 15 is 0 Å². The molecule has 1 aliphatic heterocycles. The highest BCUT2D eigenvalue weighted by molar-refractivity contribution is 5.78. The molecule has 0 unspecified atom stereocenters. The molecule has 0 aliphatic carbocycles. The van der Waals surface area contributed by atoms with Gasteiger partial charge in [0.1, 0.15) is 0 Å². The normalized spacial score (nSPS) is 19.1. The van der Waals surface area contributed by atoms with Crippen LogP contribution in [0.4, 0.5) is 0 Å². The van der Waals surface area contributed by atoms with Gasteiger partial charge in [0, 0.05) is 13.1 Å². The number of amides is 1. The number of carbonyl (C=O) groups excluding carboxylic acids is 1. The monoisotopic (exact) mass is 199 g/mol. The van der Waals surface area contributed by atoms with Crippen molar-refractivity contribution in [2.45, 2.75) is 25.7 Å². The molecule has 1 aliphatic rings. The molecule has 0 radical (unpaired) electrons. The predicted molar refractivity (Wildman–Crippen MR) is 57.0 cm³/mol. The molecule has 1 rings (SSSR count). The Morgan fingerprint density at radius 2 is 2.21 bits per heavy atom. The van der Waals surface area contributed by atoms with Crippen LogP contribution in [0, 0.1) is 0 Å². The first kappa shape index (κ1) is 11.5. The summed E-state index contributed by atoms with van der Waals surface area (Å²) in [6, 6.07) is 0. The number of hydrogen-bond acceptors (Lipinski definition) is 3. The predicted octanol–water partition coefficient (Wildman–Crippen LogP) is -0.0627. The summed E-state index contributed by atoms with van der Waals surface area (Å²) in [5, 5.41) is 2.88. The largest absolute Gasteiger partial charge is 0.355 e. The fraction of sp³-hybridized carbons (Fsp3) is 0.900. The van der Waals surface area contributed by atoms with Gasteiger partial charge in [-0.05, 0) is 32.4 Å². The molecule has 14 heavy (non-hydrogen) atoms. The molecule has 1 amide bonds. The van der Waals surface area contributed by atoms with Crippen molar-refractivity contribution in [1.29, 1.82) is 0 Å². The van der Waals surface area contributed by atoms with Crippen LogP contribution < -0.4 is 11.1 Å². The summed E-state index contributed by atoms with van der Waals surface area (Å²) in [6.45, 7) is 4.26. The van der Waals surface area contributed by atoms with Gasteiger partial charge < -0.3 is 11.1 Å². The zero-order valence-corrected chi connectivity index (χ0v) is 8.80. The molecule has 1 fully saturated rings. The van der Waals surface area contributed by atoms with E-state index in [0.717, 1.165) is 45.4 Å². The van der Waals surface area contributed by atoms with Crippen LogP contribution in [0.25, 0.3) is 0 Å². The molecule has 0 bridgehead atoms. The van der Waals surface area contributed by atoms with Gasteiger partial charge in [0.05, 0.1) is 6.54 Å². The Hall–Kier alpha value is -0.610. The lowest BCUT2D eigenvalue weighted by molar-refractivity contribution is -0.121. The highest BCUT2D eigenvalue weighted by Gasteiger charge is 2.13. The van der Waals surface area contributed by atoms with Crippen LogP contribution in [0.3, 0.4) is 0 Å². The molecular formula is C10H21N3O. The molecule has 0 aromatic carbocycles. The van der Waals surface area contributed by atoms with E-state index in [-0.39, 0.29) is 5.91 Å². The first-order valence-electron chi connectivity index (χ1n) is 5.52. The van der Waals surface area contributed by atoms with Gasteiger partial charge >= 0.3 is 0 Å². The maximum Gasteiger partial charge on any atom is 0.234 e. The van der Waals surface area contributed by atoms with Crippen molar-refractivity contribution in [2.24, 2.45) is 5.73 Å². The second-order valence-corrected chi connectivity index (χ2v) is 3.83. The van der Waals surface area contributed by atoms with Gasteiger partial charge in [0.25, 0.3) is 0 Å². The Morgan fingerprint density at radius 3 is 3.00 bits per heavy atom. The van der Waals surface area contributed by atoms with Gasteiger partial charge in [0.15, 0.2) is 0 Å². The van der Waals surface area contributed by atoms with E-state index in [9.17, 15) is 4.79 Å². The second-order valence-electron chi connectivity index (χ2n) is 3.83. The van der Waals surface area contributed by atoms with E-state index in [0.29, 0.717) is 6.54 Å². The lowest BCUT2D eigenvalue weighted by Crippen LogP contribution is -2.33. The molecular weight excluding hydrogens is 178 g/mol. The lowest BCUT2D eigenvalue weighted by Gasteiger charge is -2.17. The maximum absolute atomic E-state index is 11.2. The topological polar surface area (TPSA) is 58.4 Å². The van der Waals surface area contributed by atoms with E-state index in [1.807, 2.05) is 0 Å². The summed E-state index contributed by atoms with van der Waals surface area (Å²) < 4.78 is 0. The summed E-state index contributed by atoms with van der Waals surface area (Å²) >= 11 is 0. The summed E-state index contributed by atoms with van der Waals surface area (Å²) in [5.74, 6) is 0.168. The first-order valence-corrected chi connectivity index (χ1v) is 5.52. The van der Waals surface area contributed by atoms with Crippen molar-refractivity contribution in [3.63, 3.8) is 0 Å². The molecule has 0 spiro atoms. The van der Waals surface area contributed by atoms with Crippen LogP contribution in [-0.4, -0.2) is 43.5 Å². The fourth-order valence-electron chi connectivity index (χ4n) is 1.72. The molecule has 0 aromatic heterocycles. The average Bonchev–Trinajstić information content (AvgIpc) is 2.38. The quantitative estimate of drug-likeness (QED) is 0.610. The van der Waals surface area contributed by atoms with E-state index < -0.39 is 0 Å². The van der Waals surface area contributed by atoms with Gasteiger partial charge in [-0.25, -0.2) is 0 Å². The van der Waals surface area contributed by atoms with Gasteiger partial charge in [0.2, 0.25) is 5.91 Å². The summed E-state index contributed by atoms with van der Waals surface area (Å²) in [7, 11) is 0. The first-order chi connectivity index (χ1) is 6.83. The zero-order valence-electron chi connectivity index (χ0n) is 8.80. The lowest BCUT2D eigenvalue weighted by atomic mass is 10.2. The minimum atomic E-state index is 0.168. The van der Waals surface area contributed by atoms with Crippen molar-refractivity contribution < 1.29 is 4.79 Å². The number of nitrogens with zero attached hydrogens (tertiary/aromatic N) is 1. The molecule has 0 saturated carbocycles. The SMILES string of the molecule is NCCCCCN1CCCNC(=O)C1. The van der Waals surface area contributed by atoms with Gasteiger partial charge in [-0.3, -0.25) is 9.69 Å². The third-order valence-electron chi connectivity index (χ3n) is 2.52. The molecule has 1 saturated heterocycles. The van der Waals surface area contributed by atoms with Crippen molar-refractivity contribution in [1.82, 2.24) is 10.2 Å². The standard InChI is InChI=1S/C10H21N3O/c11-5-2-1-3-7-13-8-4-6-12-10(14)9-13/h1-9,11H2,(H,12,14). The summed E-state index contributed by atoms with van der Waals surface area (Å²) in [5.41, 5.74) is 5.42. The number of nitrogens with two attached hydrogens (primary N) is 1. The van der Waals surface area contributed by atoms with Crippen LogP contribution in [0.5, 0.6) is 0 Å². The van der Waals surface area contributed by atoms with Gasteiger partial charge in [-0.2, -0.15) is 0 Å². The van der Waals surface area contributed by atoms with Crippen molar-refractivity contribution in [2.75, 3.05) is 32.7 Å². The Balaban J connectivity index is 2.12. The van der Waals surface area contributed by atoms with E-state index in [4.69, 9.17) is 5.73 Å². The van der Waals surface area contributed by atoms with Crippen LogP contribution in [0.2, 0.25) is 0 Å². The highest BCUT2D eigenvalue weighted by atomic mass is 16.2. The molecule has 3 N–H and O–H groups in total. The molecule has 1 heterocycles. The van der Waals surface area contributed by atoms with E-state index in [1.165, 1.54) is 6.42 Å². The highest BCUT2D eigenvalue weighted by Crippen LogP contribution is 2.01. The molecule has 4 nitrogen and oxygen atoms in total. The third-order valence-corrected chi connectivity index (χ3v) is 2.52. The molecule has 0 aromatic rings. The van der Waals surface area contributed by atoms with Gasteiger partial charge in [-0.1, -0.05) is 6.42 Å². The summed E-state index contributed by atoms with van der Waals surface area (Å²) in [4.78, 5) is 13.4. The maximum atomic E-state index is 11.2. The van der Waals surface area contributed by atoms with E-state index in [1.54, 1.807) is 0 Å². The number of nitrogens with one attached hydrogen (secondary N) is 1. The number of carbonyl (C=O) groups is 1. The number of unbranched alkanes of at least 4 members (excludes halogenated alkanes) is 2. The third kappa shape index (κ3) is 4.58. The summed E-state index contributed by atoms with van der Waals surface area (Å²) in [6.07, 6.45) is 4.50. The Morgan fingerprint density at radius 1 is 1.36 bits per heavy atom. The van der Waals surface area contributed by atoms with Gasteiger partial charge in [-0.15, -0.1) is 0 Å². The molecule has 4 heteroatoms. The number of hydrogen-bond donors (Lipinski definition) is 2. The average molecular weight is 199 g/mol. The van der Waals surface area contributed by atoms with Crippen molar-refractivity contribution in [3.8, 4) is 0 Å². The van der Waals surface area contributed by atoms with Crippen molar-refractivity contribution in [3.05, 3.63) is 0 Å². The van der Waals surface area contributed by atoms with Crippen molar-refractivity contribution >= 4 is 5.91 Å². The second kappa shape index (κ2) is 6.79. The number of rotatable bonds is 5. The minimum absolute atomic E-state index is 0.168. The fourth-order valence-corrected chi connectivity index (χ4v) is 1.72. The van der Waals surface area contributed by atoms with Crippen LogP contribution >= 0.6 is 0 Å². The van der Waals surface area contributed by atoms with Crippen LogP contribution in [-0.2, 0) is 4.79 Å². The Labute approximate surface area is 85.8 Å². The molecule has 82 valence electrons. The van der Waals surface area contributed by atoms with E-state index in [2.05, 4.69) is 10.2 Å². The Kier molecular flexibility index (Phi) is 5.56. The molecule has 0 atom stereocenters. The van der Waals surface area contributed by atoms with Crippen LogP contribution in [0.15, 0.2) is 0 Å².